The largest absolute Gasteiger partial charge is 0.490 e. The molecule has 2 aromatic carbocycles. The summed E-state index contributed by atoms with van der Waals surface area (Å²) in [5, 5.41) is 2.91. The first-order chi connectivity index (χ1) is 11.7. The number of amides is 1. The van der Waals surface area contributed by atoms with Crippen molar-refractivity contribution < 1.29 is 9.53 Å². The summed E-state index contributed by atoms with van der Waals surface area (Å²) < 4.78 is 6.02. The van der Waals surface area contributed by atoms with Crippen LogP contribution in [-0.4, -0.2) is 12.0 Å². The lowest BCUT2D eigenvalue weighted by Crippen LogP contribution is -2.23. The van der Waals surface area contributed by atoms with E-state index in [1.807, 2.05) is 24.3 Å². The van der Waals surface area contributed by atoms with Crippen molar-refractivity contribution in [3.63, 3.8) is 0 Å². The maximum absolute atomic E-state index is 12.1. The van der Waals surface area contributed by atoms with E-state index >= 15 is 0 Å². The number of hydrogen-bond acceptors (Lipinski definition) is 3. The van der Waals surface area contributed by atoms with Gasteiger partial charge in [-0.25, -0.2) is 0 Å². The van der Waals surface area contributed by atoms with Gasteiger partial charge < -0.3 is 15.8 Å². The first kappa shape index (κ1) is 19.1. The number of hydrogen-bond donors (Lipinski definition) is 2. The van der Waals surface area contributed by atoms with Gasteiger partial charge in [-0.15, -0.1) is 12.4 Å². The number of rotatable bonds is 5. The summed E-state index contributed by atoms with van der Waals surface area (Å²) in [5.74, 6) is 0.789. The second-order valence-electron chi connectivity index (χ2n) is 6.33. The first-order valence-electron chi connectivity index (χ1n) is 8.60. The van der Waals surface area contributed by atoms with Crippen LogP contribution in [0.3, 0.4) is 0 Å². The SMILES string of the molecule is Cl.Nc1cccc(C(=O)NCc2ccc(OC3CCCCC3)cc2)c1. The summed E-state index contributed by atoms with van der Waals surface area (Å²) >= 11 is 0. The van der Waals surface area contributed by atoms with Crippen molar-refractivity contribution in [1.82, 2.24) is 5.32 Å². The topological polar surface area (TPSA) is 64.4 Å². The van der Waals surface area contributed by atoms with Gasteiger partial charge in [0.15, 0.2) is 0 Å². The van der Waals surface area contributed by atoms with Crippen LogP contribution in [0.4, 0.5) is 5.69 Å². The summed E-state index contributed by atoms with van der Waals surface area (Å²) in [6, 6.07) is 14.9. The number of halogens is 1. The molecule has 4 nitrogen and oxygen atoms in total. The Bertz CT molecular complexity index is 682. The van der Waals surface area contributed by atoms with Gasteiger partial charge in [0.05, 0.1) is 6.10 Å². The van der Waals surface area contributed by atoms with Crippen LogP contribution in [0.25, 0.3) is 0 Å². The van der Waals surface area contributed by atoms with Crippen molar-refractivity contribution in [2.24, 2.45) is 0 Å². The minimum atomic E-state index is -0.121. The Morgan fingerprint density at radius 1 is 1.08 bits per heavy atom. The molecule has 1 saturated carbocycles. The monoisotopic (exact) mass is 360 g/mol. The van der Waals surface area contributed by atoms with Crippen LogP contribution in [-0.2, 0) is 6.54 Å². The number of anilines is 1. The summed E-state index contributed by atoms with van der Waals surface area (Å²) in [4.78, 5) is 12.1. The molecule has 134 valence electrons. The number of benzene rings is 2. The Balaban J connectivity index is 0.00000225. The molecule has 0 saturated heterocycles. The zero-order valence-electron chi connectivity index (χ0n) is 14.2. The first-order valence-corrected chi connectivity index (χ1v) is 8.60. The zero-order chi connectivity index (χ0) is 16.8. The molecule has 1 fully saturated rings. The highest BCUT2D eigenvalue weighted by molar-refractivity contribution is 5.94. The maximum atomic E-state index is 12.1. The number of carbonyl (C=O) groups is 1. The third-order valence-electron chi connectivity index (χ3n) is 4.38. The number of ether oxygens (including phenoxy) is 1. The van der Waals surface area contributed by atoms with Crippen molar-refractivity contribution in [1.29, 1.82) is 0 Å². The average Bonchev–Trinajstić information content (AvgIpc) is 2.62. The number of carbonyl (C=O) groups excluding carboxylic acids is 1. The van der Waals surface area contributed by atoms with Crippen LogP contribution >= 0.6 is 12.4 Å². The Hall–Kier alpha value is -2.20. The van der Waals surface area contributed by atoms with Gasteiger partial charge in [0, 0.05) is 17.8 Å². The minimum Gasteiger partial charge on any atom is -0.490 e. The van der Waals surface area contributed by atoms with E-state index in [1.165, 1.54) is 19.3 Å². The quantitative estimate of drug-likeness (QED) is 0.780. The van der Waals surface area contributed by atoms with E-state index in [4.69, 9.17) is 10.5 Å². The molecule has 0 unspecified atom stereocenters. The van der Waals surface area contributed by atoms with E-state index in [1.54, 1.807) is 24.3 Å². The molecule has 5 heteroatoms. The Labute approximate surface area is 155 Å². The second kappa shape index (κ2) is 9.33. The van der Waals surface area contributed by atoms with Crippen LogP contribution in [0.15, 0.2) is 48.5 Å². The lowest BCUT2D eigenvalue weighted by molar-refractivity contribution is 0.0951. The van der Waals surface area contributed by atoms with Crippen molar-refractivity contribution in [2.45, 2.75) is 44.8 Å². The molecule has 0 atom stereocenters. The van der Waals surface area contributed by atoms with Gasteiger partial charge in [0.25, 0.3) is 5.91 Å². The molecule has 2 aromatic rings. The van der Waals surface area contributed by atoms with E-state index in [2.05, 4.69) is 5.32 Å². The van der Waals surface area contributed by atoms with Gasteiger partial charge in [0.1, 0.15) is 5.75 Å². The molecule has 1 amide bonds. The summed E-state index contributed by atoms with van der Waals surface area (Å²) in [7, 11) is 0. The molecule has 3 N–H and O–H groups in total. The van der Waals surface area contributed by atoms with E-state index in [-0.39, 0.29) is 18.3 Å². The molecular weight excluding hydrogens is 336 g/mol. The lowest BCUT2D eigenvalue weighted by atomic mass is 9.98. The third-order valence-corrected chi connectivity index (χ3v) is 4.38. The van der Waals surface area contributed by atoms with E-state index in [9.17, 15) is 4.79 Å². The molecular formula is C20H25ClN2O2. The lowest BCUT2D eigenvalue weighted by Gasteiger charge is -2.23. The molecule has 25 heavy (non-hydrogen) atoms. The molecule has 0 aliphatic heterocycles. The summed E-state index contributed by atoms with van der Waals surface area (Å²) in [5.41, 5.74) is 7.91. The fourth-order valence-corrected chi connectivity index (χ4v) is 3.03. The highest BCUT2D eigenvalue weighted by atomic mass is 35.5. The normalized spacial score (nSPS) is 14.4. The molecule has 0 bridgehead atoms. The van der Waals surface area contributed by atoms with Gasteiger partial charge in [-0.3, -0.25) is 4.79 Å². The van der Waals surface area contributed by atoms with Gasteiger partial charge >= 0.3 is 0 Å². The second-order valence-corrected chi connectivity index (χ2v) is 6.33. The van der Waals surface area contributed by atoms with Gasteiger partial charge in [-0.2, -0.15) is 0 Å². The highest BCUT2D eigenvalue weighted by Gasteiger charge is 2.14. The van der Waals surface area contributed by atoms with Crippen molar-refractivity contribution in [3.8, 4) is 5.75 Å². The Kier molecular flexibility index (Phi) is 7.14. The van der Waals surface area contributed by atoms with Gasteiger partial charge in [0.2, 0.25) is 0 Å². The van der Waals surface area contributed by atoms with Crippen molar-refractivity contribution in [2.75, 3.05) is 5.73 Å². The maximum Gasteiger partial charge on any atom is 0.251 e. The van der Waals surface area contributed by atoms with E-state index < -0.39 is 0 Å². The van der Waals surface area contributed by atoms with E-state index in [0.29, 0.717) is 23.9 Å². The summed E-state index contributed by atoms with van der Waals surface area (Å²) in [6.45, 7) is 0.483. The number of nitrogens with one attached hydrogen (secondary N) is 1. The number of nitrogens with two attached hydrogens (primary N) is 1. The minimum absolute atomic E-state index is 0. The predicted molar refractivity (Wildman–Crippen MR) is 103 cm³/mol. The highest BCUT2D eigenvalue weighted by Crippen LogP contribution is 2.23. The average molecular weight is 361 g/mol. The number of nitrogen functional groups attached to an aromatic ring is 1. The van der Waals surface area contributed by atoms with Crippen LogP contribution < -0.4 is 15.8 Å². The molecule has 0 spiro atoms. The van der Waals surface area contributed by atoms with Crippen LogP contribution in [0.5, 0.6) is 5.75 Å². The fraction of sp³-hybridized carbons (Fsp3) is 0.350. The molecule has 0 heterocycles. The molecule has 0 radical (unpaired) electrons. The standard InChI is InChI=1S/C20H24N2O2.ClH/c21-17-6-4-5-16(13-17)20(23)22-14-15-9-11-19(12-10-15)24-18-7-2-1-3-8-18;/h4-6,9-13,18H,1-3,7-8,14,21H2,(H,22,23);1H. The smallest absolute Gasteiger partial charge is 0.251 e. The Morgan fingerprint density at radius 3 is 2.48 bits per heavy atom. The third kappa shape index (κ3) is 5.68. The molecule has 3 rings (SSSR count). The molecule has 1 aliphatic carbocycles. The summed E-state index contributed by atoms with van der Waals surface area (Å²) in [6.07, 6.45) is 6.51. The van der Waals surface area contributed by atoms with Crippen LogP contribution in [0, 0.1) is 0 Å². The zero-order valence-corrected chi connectivity index (χ0v) is 15.1. The van der Waals surface area contributed by atoms with E-state index in [0.717, 1.165) is 24.2 Å². The van der Waals surface area contributed by atoms with Crippen molar-refractivity contribution in [3.05, 3.63) is 59.7 Å². The predicted octanol–water partition coefficient (Wildman–Crippen LogP) is 4.33. The van der Waals surface area contributed by atoms with Gasteiger partial charge in [-0.1, -0.05) is 24.6 Å². The van der Waals surface area contributed by atoms with Crippen molar-refractivity contribution >= 4 is 24.0 Å². The van der Waals surface area contributed by atoms with Crippen LogP contribution in [0.2, 0.25) is 0 Å². The fourth-order valence-electron chi connectivity index (χ4n) is 3.03. The van der Waals surface area contributed by atoms with Crippen LogP contribution in [0.1, 0.15) is 48.0 Å². The van der Waals surface area contributed by atoms with Gasteiger partial charge in [-0.05, 0) is 61.6 Å². The molecule has 0 aromatic heterocycles. The Morgan fingerprint density at radius 2 is 1.80 bits per heavy atom. The molecule has 1 aliphatic rings.